The Balaban J connectivity index is 1.85. The Labute approximate surface area is 181 Å². The first kappa shape index (κ1) is 22.0. The highest BCUT2D eigenvalue weighted by Gasteiger charge is 2.47. The van der Waals surface area contributed by atoms with Crippen LogP contribution < -0.4 is 4.74 Å². The van der Waals surface area contributed by atoms with Crippen molar-refractivity contribution in [1.29, 1.82) is 0 Å². The maximum atomic E-state index is 11.7. The zero-order chi connectivity index (χ0) is 21.7. The molecule has 3 heterocycles. The predicted octanol–water partition coefficient (Wildman–Crippen LogP) is 2.45. The van der Waals surface area contributed by atoms with Crippen molar-refractivity contribution in [2.45, 2.75) is 44.5 Å². The second-order valence-electron chi connectivity index (χ2n) is 6.36. The van der Waals surface area contributed by atoms with Gasteiger partial charge in [0.15, 0.2) is 23.7 Å². The van der Waals surface area contributed by atoms with Crippen LogP contribution in [0.25, 0.3) is 10.6 Å². The van der Waals surface area contributed by atoms with Crippen molar-refractivity contribution >= 4 is 41.0 Å². The lowest BCUT2D eigenvalue weighted by atomic mass is 10.1. The van der Waals surface area contributed by atoms with E-state index in [0.717, 1.165) is 10.6 Å². The highest BCUT2D eigenvalue weighted by Crippen LogP contribution is 2.35. The number of ether oxygens (including phenoxy) is 4. The number of thioether (sulfide) groups is 1. The van der Waals surface area contributed by atoms with Gasteiger partial charge in [0.1, 0.15) is 10.8 Å². The number of esters is 3. The van der Waals surface area contributed by atoms with Crippen molar-refractivity contribution < 1.29 is 33.3 Å². The van der Waals surface area contributed by atoms with E-state index in [1.54, 1.807) is 18.5 Å². The molecule has 160 valence electrons. The number of hydrogen-bond acceptors (Lipinski definition) is 11. The Bertz CT molecular complexity index is 906. The number of rotatable bonds is 6. The van der Waals surface area contributed by atoms with Crippen LogP contribution in [0.2, 0.25) is 0 Å². The highest BCUT2D eigenvalue weighted by atomic mass is 32.2. The highest BCUT2D eigenvalue weighted by molar-refractivity contribution is 7.99. The van der Waals surface area contributed by atoms with E-state index in [2.05, 4.69) is 9.97 Å². The Kier molecular flexibility index (Phi) is 7.27. The van der Waals surface area contributed by atoms with Crippen LogP contribution in [0.4, 0.5) is 0 Å². The van der Waals surface area contributed by atoms with Crippen LogP contribution in [0, 0.1) is 0 Å². The van der Waals surface area contributed by atoms with Gasteiger partial charge in [-0.1, -0.05) is 0 Å². The summed E-state index contributed by atoms with van der Waals surface area (Å²) in [4.78, 5) is 43.3. The molecule has 0 bridgehead atoms. The van der Waals surface area contributed by atoms with E-state index in [9.17, 15) is 14.4 Å². The number of thiazole rings is 1. The summed E-state index contributed by atoms with van der Waals surface area (Å²) in [5.74, 6) is -0.972. The van der Waals surface area contributed by atoms with Crippen molar-refractivity contribution in [3.8, 4) is 16.3 Å². The van der Waals surface area contributed by atoms with Crippen molar-refractivity contribution in [2.24, 2.45) is 0 Å². The molecule has 0 aromatic carbocycles. The number of carbonyl (C=O) groups excluding carboxylic acids is 3. The molecule has 0 radical (unpaired) electrons. The van der Waals surface area contributed by atoms with Crippen LogP contribution in [-0.4, -0.2) is 57.4 Å². The Morgan fingerprint density at radius 1 is 1.00 bits per heavy atom. The second-order valence-corrected chi connectivity index (χ2v) is 8.39. The molecule has 2 aromatic heterocycles. The Morgan fingerprint density at radius 3 is 2.33 bits per heavy atom. The molecule has 2 aromatic rings. The minimum absolute atomic E-state index is 0.291. The topological polar surface area (TPSA) is 114 Å². The standard InChI is InChI=1S/C19H20N2O7S2/c1-10(22)25-15-9-30-19(17(27-12(3)24)16(15)26-11(2)23)28-14-6-13(7-20-8-14)18-21-4-5-29-18/h4-8,15-17,19H,9H2,1-3H3/t15-,16+,17-,19+/m1/s1. The third kappa shape index (κ3) is 5.70. The second kappa shape index (κ2) is 9.90. The van der Waals surface area contributed by atoms with E-state index in [4.69, 9.17) is 18.9 Å². The first-order valence-electron chi connectivity index (χ1n) is 8.98. The van der Waals surface area contributed by atoms with Crippen LogP contribution in [0.5, 0.6) is 5.75 Å². The first-order valence-corrected chi connectivity index (χ1v) is 10.9. The number of pyridine rings is 1. The molecular formula is C19H20N2O7S2. The molecule has 11 heteroatoms. The van der Waals surface area contributed by atoms with Gasteiger partial charge in [-0.25, -0.2) is 4.98 Å². The molecule has 0 N–H and O–H groups in total. The Morgan fingerprint density at radius 2 is 1.70 bits per heavy atom. The molecule has 1 saturated heterocycles. The molecule has 0 saturated carbocycles. The van der Waals surface area contributed by atoms with Gasteiger partial charge in [-0.15, -0.1) is 23.1 Å². The van der Waals surface area contributed by atoms with Gasteiger partial charge in [-0.3, -0.25) is 19.4 Å². The largest absolute Gasteiger partial charge is 0.474 e. The number of aromatic nitrogens is 2. The quantitative estimate of drug-likeness (QED) is 0.478. The van der Waals surface area contributed by atoms with Crippen molar-refractivity contribution in [1.82, 2.24) is 9.97 Å². The summed E-state index contributed by atoms with van der Waals surface area (Å²) in [6.45, 7) is 3.73. The fourth-order valence-corrected chi connectivity index (χ4v) is 4.75. The summed E-state index contributed by atoms with van der Waals surface area (Å²) in [6, 6.07) is 1.77. The summed E-state index contributed by atoms with van der Waals surface area (Å²) < 4.78 is 22.1. The third-order valence-corrected chi connectivity index (χ3v) is 5.99. The van der Waals surface area contributed by atoms with Gasteiger partial charge in [0, 0.05) is 49.9 Å². The molecule has 1 aliphatic heterocycles. The van der Waals surface area contributed by atoms with Gasteiger partial charge in [-0.2, -0.15) is 0 Å². The number of nitrogens with zero attached hydrogens (tertiary/aromatic N) is 2. The van der Waals surface area contributed by atoms with Crippen LogP contribution in [0.1, 0.15) is 20.8 Å². The van der Waals surface area contributed by atoms with E-state index in [-0.39, 0.29) is 0 Å². The fourth-order valence-electron chi connectivity index (χ4n) is 2.91. The average Bonchev–Trinajstić information content (AvgIpc) is 3.20. The first-order chi connectivity index (χ1) is 14.3. The Hall–Kier alpha value is -2.66. The monoisotopic (exact) mass is 452 g/mol. The molecule has 0 aliphatic carbocycles. The summed E-state index contributed by atoms with van der Waals surface area (Å²) in [7, 11) is 0. The van der Waals surface area contributed by atoms with Crippen molar-refractivity contribution in [3.05, 3.63) is 30.0 Å². The van der Waals surface area contributed by atoms with Gasteiger partial charge >= 0.3 is 17.9 Å². The lowest BCUT2D eigenvalue weighted by Crippen LogP contribution is -2.55. The lowest BCUT2D eigenvalue weighted by molar-refractivity contribution is -0.186. The molecule has 0 spiro atoms. The maximum Gasteiger partial charge on any atom is 0.303 e. The molecule has 4 atom stereocenters. The number of carbonyl (C=O) groups is 3. The van der Waals surface area contributed by atoms with E-state index < -0.39 is 41.7 Å². The van der Waals surface area contributed by atoms with Crippen LogP contribution in [0.15, 0.2) is 30.0 Å². The molecule has 0 amide bonds. The maximum absolute atomic E-state index is 11.7. The molecular weight excluding hydrogens is 432 g/mol. The lowest BCUT2D eigenvalue weighted by Gasteiger charge is -2.39. The normalized spacial score (nSPS) is 23.3. The summed E-state index contributed by atoms with van der Waals surface area (Å²) in [5.41, 5.74) is 0.0695. The molecule has 9 nitrogen and oxygen atoms in total. The minimum atomic E-state index is -1.00. The van der Waals surface area contributed by atoms with Crippen LogP contribution >= 0.6 is 23.1 Å². The predicted molar refractivity (Wildman–Crippen MR) is 109 cm³/mol. The van der Waals surface area contributed by atoms with Gasteiger partial charge in [0.05, 0.1) is 6.20 Å². The number of hydrogen-bond donors (Lipinski definition) is 0. The molecule has 3 rings (SSSR count). The summed E-state index contributed by atoms with van der Waals surface area (Å²) in [6.07, 6.45) is 2.12. The van der Waals surface area contributed by atoms with Gasteiger partial charge in [-0.05, 0) is 6.07 Å². The van der Waals surface area contributed by atoms with Crippen LogP contribution in [0.3, 0.4) is 0 Å². The van der Waals surface area contributed by atoms with Gasteiger partial charge < -0.3 is 18.9 Å². The van der Waals surface area contributed by atoms with E-state index in [1.807, 2.05) is 5.38 Å². The van der Waals surface area contributed by atoms with Gasteiger partial charge in [0.2, 0.25) is 0 Å². The average molecular weight is 453 g/mol. The van der Waals surface area contributed by atoms with Crippen molar-refractivity contribution in [2.75, 3.05) is 5.75 Å². The third-order valence-electron chi connectivity index (χ3n) is 3.95. The molecule has 30 heavy (non-hydrogen) atoms. The summed E-state index contributed by atoms with van der Waals surface area (Å²) in [5, 5.41) is 2.64. The minimum Gasteiger partial charge on any atom is -0.474 e. The molecule has 0 unspecified atom stereocenters. The SMILES string of the molecule is CC(=O)O[C@@H]1[C@@H](OC(C)=O)[C@@H](Oc2cncc(-c3nccs3)c2)SC[C@H]1OC(C)=O. The van der Waals surface area contributed by atoms with Gasteiger partial charge in [0.25, 0.3) is 0 Å². The molecule has 1 aliphatic rings. The van der Waals surface area contributed by atoms with E-state index in [1.165, 1.54) is 50.1 Å². The van der Waals surface area contributed by atoms with Crippen molar-refractivity contribution in [3.63, 3.8) is 0 Å². The van der Waals surface area contributed by atoms with E-state index >= 15 is 0 Å². The summed E-state index contributed by atoms with van der Waals surface area (Å²) >= 11 is 2.75. The van der Waals surface area contributed by atoms with Crippen LogP contribution in [-0.2, 0) is 28.6 Å². The zero-order valence-corrected chi connectivity index (χ0v) is 18.1. The van der Waals surface area contributed by atoms with E-state index in [0.29, 0.717) is 11.5 Å². The smallest absolute Gasteiger partial charge is 0.303 e. The zero-order valence-electron chi connectivity index (χ0n) is 16.5. The fraction of sp³-hybridized carbons (Fsp3) is 0.421. The molecule has 1 fully saturated rings.